The summed E-state index contributed by atoms with van der Waals surface area (Å²) in [7, 11) is 2.19. The molecular weight excluding hydrogens is 220 g/mol. The molecule has 1 atom stereocenters. The number of likely N-dealkylation sites (tertiary alicyclic amines) is 1. The van der Waals surface area contributed by atoms with Gasteiger partial charge in [0, 0.05) is 6.54 Å². The monoisotopic (exact) mass is 240 g/mol. The van der Waals surface area contributed by atoms with Crippen molar-refractivity contribution in [1.29, 1.82) is 5.26 Å². The van der Waals surface area contributed by atoms with Crippen molar-refractivity contribution in [3.8, 4) is 6.07 Å². The van der Waals surface area contributed by atoms with E-state index in [1.807, 2.05) is 0 Å². The molecule has 1 aromatic rings. The van der Waals surface area contributed by atoms with Crippen molar-refractivity contribution in [2.24, 2.45) is 0 Å². The SMILES string of the molecule is CN1CCC(c2ccc(C3(C#N)CCC3)cc2)C1. The smallest absolute Gasteiger partial charge is 0.0822 e. The van der Waals surface area contributed by atoms with E-state index < -0.39 is 0 Å². The van der Waals surface area contributed by atoms with Gasteiger partial charge < -0.3 is 4.90 Å². The largest absolute Gasteiger partial charge is 0.306 e. The standard InChI is InChI=1S/C16H20N2/c1-18-10-7-14(11-18)13-3-5-15(6-4-13)16(12-17)8-2-9-16/h3-6,14H,2,7-11H2,1H3. The van der Waals surface area contributed by atoms with Crippen LogP contribution in [-0.2, 0) is 5.41 Å². The molecule has 0 radical (unpaired) electrons. The molecule has 1 heterocycles. The lowest BCUT2D eigenvalue weighted by atomic mass is 9.65. The molecule has 1 aromatic carbocycles. The predicted molar refractivity (Wildman–Crippen MR) is 72.4 cm³/mol. The molecule has 3 rings (SSSR count). The molecule has 1 saturated carbocycles. The number of benzene rings is 1. The molecule has 0 bridgehead atoms. The van der Waals surface area contributed by atoms with Crippen LogP contribution in [0.4, 0.5) is 0 Å². The lowest BCUT2D eigenvalue weighted by molar-refractivity contribution is 0.324. The summed E-state index contributed by atoms with van der Waals surface area (Å²) in [5.74, 6) is 0.684. The van der Waals surface area contributed by atoms with Gasteiger partial charge in [0.25, 0.3) is 0 Å². The van der Waals surface area contributed by atoms with E-state index in [9.17, 15) is 5.26 Å². The molecule has 2 fully saturated rings. The third-order valence-electron chi connectivity index (χ3n) is 4.75. The van der Waals surface area contributed by atoms with Crippen LogP contribution in [0, 0.1) is 11.3 Å². The van der Waals surface area contributed by atoms with Crippen LogP contribution in [0.15, 0.2) is 24.3 Å². The minimum absolute atomic E-state index is 0.162. The first-order valence-electron chi connectivity index (χ1n) is 6.94. The molecular formula is C16H20N2. The quantitative estimate of drug-likeness (QED) is 0.794. The van der Waals surface area contributed by atoms with Gasteiger partial charge in [-0.3, -0.25) is 0 Å². The second kappa shape index (κ2) is 4.40. The van der Waals surface area contributed by atoms with Crippen LogP contribution in [0.1, 0.15) is 42.7 Å². The number of hydrogen-bond acceptors (Lipinski definition) is 2. The number of rotatable bonds is 2. The summed E-state index contributed by atoms with van der Waals surface area (Å²) in [5.41, 5.74) is 2.51. The summed E-state index contributed by atoms with van der Waals surface area (Å²) in [6.07, 6.45) is 4.53. The van der Waals surface area contributed by atoms with E-state index in [0.717, 1.165) is 12.8 Å². The molecule has 2 nitrogen and oxygen atoms in total. The van der Waals surface area contributed by atoms with Crippen LogP contribution in [0.5, 0.6) is 0 Å². The van der Waals surface area contributed by atoms with Gasteiger partial charge in [0.05, 0.1) is 11.5 Å². The van der Waals surface area contributed by atoms with Gasteiger partial charge in [-0.2, -0.15) is 5.26 Å². The average Bonchev–Trinajstić information content (AvgIpc) is 2.76. The van der Waals surface area contributed by atoms with Crippen molar-refractivity contribution in [1.82, 2.24) is 4.90 Å². The lowest BCUT2D eigenvalue weighted by Crippen LogP contribution is -2.32. The van der Waals surface area contributed by atoms with Gasteiger partial charge in [-0.1, -0.05) is 24.3 Å². The third kappa shape index (κ3) is 1.83. The van der Waals surface area contributed by atoms with Crippen LogP contribution in [-0.4, -0.2) is 25.0 Å². The zero-order chi connectivity index (χ0) is 12.6. The van der Waals surface area contributed by atoms with Crippen LogP contribution >= 0.6 is 0 Å². The predicted octanol–water partition coefficient (Wildman–Crippen LogP) is 3.05. The fourth-order valence-electron chi connectivity index (χ4n) is 3.28. The fraction of sp³-hybridized carbons (Fsp3) is 0.562. The zero-order valence-electron chi connectivity index (χ0n) is 11.0. The highest BCUT2D eigenvalue weighted by Gasteiger charge is 2.38. The van der Waals surface area contributed by atoms with E-state index in [-0.39, 0.29) is 5.41 Å². The summed E-state index contributed by atoms with van der Waals surface area (Å²) in [6.45, 7) is 2.37. The first kappa shape index (κ1) is 11.7. The van der Waals surface area contributed by atoms with Crippen LogP contribution < -0.4 is 0 Å². The molecule has 1 aliphatic heterocycles. The second-order valence-electron chi connectivity index (χ2n) is 5.92. The van der Waals surface area contributed by atoms with Gasteiger partial charge in [0.2, 0.25) is 0 Å². The summed E-state index contributed by atoms with van der Waals surface area (Å²) in [6, 6.07) is 11.4. The molecule has 1 unspecified atom stereocenters. The van der Waals surface area contributed by atoms with Gasteiger partial charge in [-0.25, -0.2) is 0 Å². The van der Waals surface area contributed by atoms with E-state index in [0.29, 0.717) is 5.92 Å². The number of nitriles is 1. The lowest BCUT2D eigenvalue weighted by Gasteiger charge is -2.35. The summed E-state index contributed by atoms with van der Waals surface area (Å²) >= 11 is 0. The summed E-state index contributed by atoms with van der Waals surface area (Å²) in [4.78, 5) is 2.39. The van der Waals surface area contributed by atoms with Gasteiger partial charge >= 0.3 is 0 Å². The van der Waals surface area contributed by atoms with Crippen molar-refractivity contribution < 1.29 is 0 Å². The number of likely N-dealkylation sites (N-methyl/N-ethyl adjacent to an activating group) is 1. The van der Waals surface area contributed by atoms with Crippen LogP contribution in [0.25, 0.3) is 0 Å². The first-order valence-corrected chi connectivity index (χ1v) is 6.94. The Labute approximate surface area is 109 Å². The number of nitrogens with zero attached hydrogens (tertiary/aromatic N) is 2. The molecule has 2 aliphatic rings. The third-order valence-corrected chi connectivity index (χ3v) is 4.75. The summed E-state index contributed by atoms with van der Waals surface area (Å²) < 4.78 is 0. The van der Waals surface area contributed by atoms with E-state index in [1.54, 1.807) is 0 Å². The molecule has 0 N–H and O–H groups in total. The normalized spacial score (nSPS) is 26.6. The average molecular weight is 240 g/mol. The Morgan fingerprint density at radius 1 is 1.28 bits per heavy atom. The van der Waals surface area contributed by atoms with E-state index in [1.165, 1.54) is 37.1 Å². The van der Waals surface area contributed by atoms with Crippen LogP contribution in [0.3, 0.4) is 0 Å². The van der Waals surface area contributed by atoms with E-state index in [2.05, 4.69) is 42.3 Å². The Hall–Kier alpha value is -1.33. The van der Waals surface area contributed by atoms with Gasteiger partial charge in [-0.15, -0.1) is 0 Å². The highest BCUT2D eigenvalue weighted by molar-refractivity contribution is 5.38. The van der Waals surface area contributed by atoms with Gasteiger partial charge in [-0.05, 0) is 56.3 Å². The molecule has 0 amide bonds. The molecule has 0 spiro atoms. The molecule has 18 heavy (non-hydrogen) atoms. The summed E-state index contributed by atoms with van der Waals surface area (Å²) in [5, 5.41) is 9.35. The fourth-order valence-corrected chi connectivity index (χ4v) is 3.28. The Morgan fingerprint density at radius 3 is 2.44 bits per heavy atom. The van der Waals surface area contributed by atoms with Gasteiger partial charge in [0.1, 0.15) is 0 Å². The number of hydrogen-bond donors (Lipinski definition) is 0. The first-order chi connectivity index (χ1) is 8.73. The highest BCUT2D eigenvalue weighted by atomic mass is 15.1. The minimum atomic E-state index is -0.162. The Bertz CT molecular complexity index is 465. The van der Waals surface area contributed by atoms with Crippen molar-refractivity contribution in [2.75, 3.05) is 20.1 Å². The topological polar surface area (TPSA) is 27.0 Å². The van der Waals surface area contributed by atoms with Crippen molar-refractivity contribution >= 4 is 0 Å². The molecule has 1 aliphatic carbocycles. The van der Waals surface area contributed by atoms with Crippen molar-refractivity contribution in [2.45, 2.75) is 37.0 Å². The minimum Gasteiger partial charge on any atom is -0.306 e. The van der Waals surface area contributed by atoms with Crippen molar-refractivity contribution in [3.05, 3.63) is 35.4 Å². The zero-order valence-corrected chi connectivity index (χ0v) is 11.0. The van der Waals surface area contributed by atoms with E-state index >= 15 is 0 Å². The Morgan fingerprint density at radius 2 is 2.00 bits per heavy atom. The maximum atomic E-state index is 9.35. The highest BCUT2D eigenvalue weighted by Crippen LogP contribution is 2.43. The second-order valence-corrected chi connectivity index (χ2v) is 5.92. The molecule has 1 saturated heterocycles. The maximum Gasteiger partial charge on any atom is 0.0822 e. The molecule has 2 heteroatoms. The molecule has 0 aromatic heterocycles. The maximum absolute atomic E-state index is 9.35. The molecule has 94 valence electrons. The van der Waals surface area contributed by atoms with Crippen molar-refractivity contribution in [3.63, 3.8) is 0 Å². The van der Waals surface area contributed by atoms with E-state index in [4.69, 9.17) is 0 Å². The Balaban J connectivity index is 1.79. The van der Waals surface area contributed by atoms with Gasteiger partial charge in [0.15, 0.2) is 0 Å². The van der Waals surface area contributed by atoms with Crippen LogP contribution in [0.2, 0.25) is 0 Å². The Kier molecular flexibility index (Phi) is 2.87.